The summed E-state index contributed by atoms with van der Waals surface area (Å²) in [5.74, 6) is 2.34. The smallest absolute Gasteiger partial charge is 0.0336 e. The van der Waals surface area contributed by atoms with Crippen LogP contribution in [-0.2, 0) is 0 Å². The molecule has 1 atom stereocenters. The van der Waals surface area contributed by atoms with Crippen LogP contribution >= 0.6 is 31.6 Å². The first-order chi connectivity index (χ1) is 5.01. The largest absolute Gasteiger partial charge is 0.236 e. The van der Waals surface area contributed by atoms with Crippen LogP contribution in [0.3, 0.4) is 0 Å². The lowest BCUT2D eigenvalue weighted by molar-refractivity contribution is 0.649. The molecule has 0 aromatic carbocycles. The first kappa shape index (κ1) is 10.1. The van der Waals surface area contributed by atoms with E-state index < -0.39 is 0 Å². The van der Waals surface area contributed by atoms with E-state index in [0.717, 1.165) is 11.2 Å². The van der Waals surface area contributed by atoms with E-state index in [-0.39, 0.29) is 10.0 Å². The highest BCUT2D eigenvalue weighted by atomic mass is 33.1. The van der Waals surface area contributed by atoms with Gasteiger partial charge in [0.15, 0.2) is 0 Å². The van der Waals surface area contributed by atoms with Crippen LogP contribution in [0.25, 0.3) is 0 Å². The molecule has 1 rings (SSSR count). The van der Waals surface area contributed by atoms with Crippen molar-refractivity contribution in [2.24, 2.45) is 5.92 Å². The van der Waals surface area contributed by atoms with E-state index in [9.17, 15) is 0 Å². The third-order valence-corrected chi connectivity index (χ3v) is 9.44. The maximum absolute atomic E-state index is 2.47. The molecule has 1 unspecified atom stereocenters. The van der Waals surface area contributed by atoms with Gasteiger partial charge in [-0.1, -0.05) is 35.4 Å². The van der Waals surface area contributed by atoms with E-state index >= 15 is 0 Å². The third-order valence-electron chi connectivity index (χ3n) is 1.92. The minimum absolute atomic E-state index is 0.235. The zero-order valence-corrected chi connectivity index (χ0v) is 10.2. The standard InChI is InChI=1S/C8H18S3/c1-7(2)8-5-11(3,4)6-9-10-8/h7-8H,5-6H2,1-4H3. The fourth-order valence-electron chi connectivity index (χ4n) is 1.07. The molecular formula is C8H18S3. The SMILES string of the molecule is CC(C)C1CS(C)(C)CSS1. The van der Waals surface area contributed by atoms with Crippen LogP contribution in [0.4, 0.5) is 0 Å². The zero-order chi connectivity index (χ0) is 8.48. The Morgan fingerprint density at radius 2 is 2.00 bits per heavy atom. The molecule has 1 heterocycles. The molecule has 0 spiro atoms. The molecular weight excluding hydrogens is 192 g/mol. The summed E-state index contributed by atoms with van der Waals surface area (Å²) in [7, 11) is 3.97. The monoisotopic (exact) mass is 210 g/mol. The van der Waals surface area contributed by atoms with Crippen molar-refractivity contribution in [1.29, 1.82) is 0 Å². The van der Waals surface area contributed by atoms with Crippen LogP contribution in [0.15, 0.2) is 0 Å². The summed E-state index contributed by atoms with van der Waals surface area (Å²) in [5, 5.41) is 2.32. The first-order valence-electron chi connectivity index (χ1n) is 3.98. The van der Waals surface area contributed by atoms with Gasteiger partial charge in [-0.25, -0.2) is 10.0 Å². The number of rotatable bonds is 1. The van der Waals surface area contributed by atoms with E-state index in [1.54, 1.807) is 0 Å². The highest BCUT2D eigenvalue weighted by molar-refractivity contribution is 8.80. The van der Waals surface area contributed by atoms with Crippen molar-refractivity contribution in [2.75, 3.05) is 23.3 Å². The molecule has 11 heavy (non-hydrogen) atoms. The van der Waals surface area contributed by atoms with Crippen LogP contribution in [0.2, 0.25) is 0 Å². The van der Waals surface area contributed by atoms with Crippen molar-refractivity contribution in [3.8, 4) is 0 Å². The lowest BCUT2D eigenvalue weighted by Crippen LogP contribution is -2.23. The van der Waals surface area contributed by atoms with Gasteiger partial charge in [-0.05, 0) is 24.2 Å². The van der Waals surface area contributed by atoms with E-state index in [1.165, 1.54) is 10.8 Å². The predicted molar refractivity (Wildman–Crippen MR) is 63.0 cm³/mol. The van der Waals surface area contributed by atoms with E-state index in [0.29, 0.717) is 0 Å². The Balaban J connectivity index is 2.46. The average molecular weight is 210 g/mol. The summed E-state index contributed by atoms with van der Waals surface area (Å²) in [6.07, 6.45) is 4.93. The second kappa shape index (κ2) is 3.84. The topological polar surface area (TPSA) is 0 Å². The minimum atomic E-state index is -0.235. The summed E-state index contributed by atoms with van der Waals surface area (Å²) in [6.45, 7) is 4.69. The summed E-state index contributed by atoms with van der Waals surface area (Å²) in [4.78, 5) is 0. The van der Waals surface area contributed by atoms with Crippen molar-refractivity contribution in [2.45, 2.75) is 19.1 Å². The van der Waals surface area contributed by atoms with Gasteiger partial charge in [0, 0.05) is 10.3 Å². The van der Waals surface area contributed by atoms with Gasteiger partial charge in [-0.2, -0.15) is 0 Å². The summed E-state index contributed by atoms with van der Waals surface area (Å²) >= 11 is 0. The van der Waals surface area contributed by atoms with Gasteiger partial charge >= 0.3 is 0 Å². The van der Waals surface area contributed by atoms with Gasteiger partial charge < -0.3 is 0 Å². The molecule has 1 fully saturated rings. The lowest BCUT2D eigenvalue weighted by atomic mass is 10.1. The highest BCUT2D eigenvalue weighted by Crippen LogP contribution is 2.55. The van der Waals surface area contributed by atoms with Gasteiger partial charge in [-0.15, -0.1) is 0 Å². The van der Waals surface area contributed by atoms with Crippen LogP contribution in [0.5, 0.6) is 0 Å². The fourth-order valence-corrected chi connectivity index (χ4v) is 10.3. The van der Waals surface area contributed by atoms with Crippen LogP contribution in [0, 0.1) is 5.92 Å². The Morgan fingerprint density at radius 3 is 2.36 bits per heavy atom. The maximum Gasteiger partial charge on any atom is 0.0336 e. The highest BCUT2D eigenvalue weighted by Gasteiger charge is 2.27. The molecule has 1 aliphatic heterocycles. The lowest BCUT2D eigenvalue weighted by Gasteiger charge is -2.40. The number of hydrogen-bond acceptors (Lipinski definition) is 2. The Labute approximate surface area is 80.0 Å². The maximum atomic E-state index is 2.47. The van der Waals surface area contributed by atoms with Crippen LogP contribution in [0.1, 0.15) is 13.8 Å². The summed E-state index contributed by atoms with van der Waals surface area (Å²) < 4.78 is 0. The molecule has 68 valence electrons. The molecule has 1 saturated heterocycles. The van der Waals surface area contributed by atoms with Gasteiger partial charge in [0.25, 0.3) is 0 Å². The molecule has 0 radical (unpaired) electrons. The first-order valence-corrected chi connectivity index (χ1v) is 9.15. The minimum Gasteiger partial charge on any atom is -0.236 e. The van der Waals surface area contributed by atoms with Crippen molar-refractivity contribution in [1.82, 2.24) is 0 Å². The van der Waals surface area contributed by atoms with Gasteiger partial charge in [0.05, 0.1) is 0 Å². The molecule has 0 amide bonds. The molecule has 0 aliphatic carbocycles. The molecule has 0 saturated carbocycles. The average Bonchev–Trinajstić information content (AvgIpc) is 1.85. The van der Waals surface area contributed by atoms with Gasteiger partial charge in [0.1, 0.15) is 0 Å². The molecule has 0 nitrogen and oxygen atoms in total. The molecule has 0 bridgehead atoms. The Kier molecular flexibility index (Phi) is 3.54. The molecule has 3 heteroatoms. The summed E-state index contributed by atoms with van der Waals surface area (Å²) in [6, 6.07) is 0. The third kappa shape index (κ3) is 3.11. The second-order valence-corrected chi connectivity index (χ2v) is 11.2. The van der Waals surface area contributed by atoms with Crippen molar-refractivity contribution in [3.63, 3.8) is 0 Å². The van der Waals surface area contributed by atoms with Gasteiger partial charge in [-0.3, -0.25) is 0 Å². The fraction of sp³-hybridized carbons (Fsp3) is 1.00. The Morgan fingerprint density at radius 1 is 1.36 bits per heavy atom. The van der Waals surface area contributed by atoms with E-state index in [2.05, 4.69) is 47.9 Å². The quantitative estimate of drug-likeness (QED) is 0.608. The second-order valence-electron chi connectivity index (χ2n) is 4.05. The summed E-state index contributed by atoms with van der Waals surface area (Å²) in [5.41, 5.74) is 0. The van der Waals surface area contributed by atoms with Crippen LogP contribution in [-0.4, -0.2) is 28.6 Å². The molecule has 0 aromatic rings. The predicted octanol–water partition coefficient (Wildman–Crippen LogP) is 3.43. The molecule has 0 N–H and O–H groups in total. The Bertz CT molecular complexity index is 131. The van der Waals surface area contributed by atoms with Crippen molar-refractivity contribution in [3.05, 3.63) is 0 Å². The van der Waals surface area contributed by atoms with Crippen LogP contribution < -0.4 is 0 Å². The normalized spacial score (nSPS) is 33.7. The zero-order valence-electron chi connectivity index (χ0n) is 7.79. The van der Waals surface area contributed by atoms with Crippen molar-refractivity contribution < 1.29 is 0 Å². The van der Waals surface area contributed by atoms with Gasteiger partial charge in [0.2, 0.25) is 0 Å². The van der Waals surface area contributed by atoms with Crippen molar-refractivity contribution >= 4 is 31.6 Å². The van der Waals surface area contributed by atoms with E-state index in [1.807, 2.05) is 0 Å². The molecule has 1 aliphatic rings. The van der Waals surface area contributed by atoms with E-state index in [4.69, 9.17) is 0 Å². The Hall–Kier alpha value is 1.05. The number of hydrogen-bond donors (Lipinski definition) is 0. The molecule has 0 aromatic heterocycles.